The van der Waals surface area contributed by atoms with E-state index in [1.807, 2.05) is 19.1 Å². The van der Waals surface area contributed by atoms with Crippen molar-refractivity contribution in [2.45, 2.75) is 55.7 Å². The molecule has 2 rings (SSSR count). The molecule has 1 fully saturated rings. The number of thioether (sulfide) groups is 1. The number of carbonyl (C=O) groups is 1. The zero-order chi connectivity index (χ0) is 14.6. The molecule has 0 saturated heterocycles. The van der Waals surface area contributed by atoms with Crippen LogP contribution in [-0.4, -0.2) is 29.9 Å². The van der Waals surface area contributed by atoms with E-state index in [1.54, 1.807) is 18.0 Å². The Bertz CT molecular complexity index is 430. The van der Waals surface area contributed by atoms with Crippen molar-refractivity contribution in [3.63, 3.8) is 0 Å². The van der Waals surface area contributed by atoms with Gasteiger partial charge in [-0.25, -0.2) is 0 Å². The van der Waals surface area contributed by atoms with Crippen LogP contribution in [0.4, 0.5) is 0 Å². The zero-order valence-electron chi connectivity index (χ0n) is 12.3. The molecule has 1 aromatic rings. The molecular weight excluding hydrogens is 274 g/mol. The van der Waals surface area contributed by atoms with Gasteiger partial charge in [-0.3, -0.25) is 10.1 Å². The minimum atomic E-state index is -0.592. The molecule has 0 radical (unpaired) electrons. The molecule has 1 aliphatic carbocycles. The quantitative estimate of drug-likeness (QED) is 0.748. The summed E-state index contributed by atoms with van der Waals surface area (Å²) in [5.74, 6) is 1.63. The van der Waals surface area contributed by atoms with E-state index < -0.39 is 5.54 Å². The summed E-state index contributed by atoms with van der Waals surface area (Å²) < 4.78 is 10.3. The predicted octanol–water partition coefficient (Wildman–Crippen LogP) is 2.98. The van der Waals surface area contributed by atoms with Crippen LogP contribution in [0.1, 0.15) is 38.9 Å². The fourth-order valence-corrected chi connectivity index (χ4v) is 3.42. The number of hydrogen-bond donors (Lipinski definition) is 1. The maximum atomic E-state index is 12.1. The lowest BCUT2D eigenvalue weighted by Crippen LogP contribution is -2.52. The molecule has 2 unspecified atom stereocenters. The zero-order valence-corrected chi connectivity index (χ0v) is 13.2. The number of methoxy groups -OCH3 is 1. The van der Waals surface area contributed by atoms with Gasteiger partial charge in [0.05, 0.1) is 19.1 Å². The molecule has 0 amide bonds. The van der Waals surface area contributed by atoms with Gasteiger partial charge >= 0.3 is 5.97 Å². The van der Waals surface area contributed by atoms with Gasteiger partial charge in [0.25, 0.3) is 0 Å². The number of esters is 1. The van der Waals surface area contributed by atoms with Gasteiger partial charge in [-0.1, -0.05) is 6.92 Å². The molecule has 0 aromatic carbocycles. The van der Waals surface area contributed by atoms with E-state index >= 15 is 0 Å². The van der Waals surface area contributed by atoms with Crippen LogP contribution in [0.25, 0.3) is 0 Å². The van der Waals surface area contributed by atoms with Crippen molar-refractivity contribution < 1.29 is 13.9 Å². The topological polar surface area (TPSA) is 51.5 Å². The van der Waals surface area contributed by atoms with Gasteiger partial charge in [0.1, 0.15) is 11.3 Å². The lowest BCUT2D eigenvalue weighted by molar-refractivity contribution is -0.148. The van der Waals surface area contributed by atoms with Crippen molar-refractivity contribution in [2.75, 3.05) is 7.11 Å². The summed E-state index contributed by atoms with van der Waals surface area (Å²) >= 11 is 1.79. The highest BCUT2D eigenvalue weighted by Gasteiger charge is 2.40. The smallest absolute Gasteiger partial charge is 0.325 e. The van der Waals surface area contributed by atoms with Gasteiger partial charge in [0.15, 0.2) is 0 Å². The third-order valence-electron chi connectivity index (χ3n) is 3.52. The Morgan fingerprint density at radius 3 is 2.95 bits per heavy atom. The number of ether oxygens (including phenoxy) is 1. The first-order chi connectivity index (χ1) is 9.53. The van der Waals surface area contributed by atoms with Gasteiger partial charge < -0.3 is 9.15 Å². The summed E-state index contributed by atoms with van der Waals surface area (Å²) in [5, 5.41) is 3.77. The molecule has 4 nitrogen and oxygen atoms in total. The molecule has 0 spiro atoms. The van der Waals surface area contributed by atoms with Crippen LogP contribution in [0, 0.1) is 0 Å². The van der Waals surface area contributed by atoms with E-state index in [-0.39, 0.29) is 5.97 Å². The Labute approximate surface area is 124 Å². The van der Waals surface area contributed by atoms with E-state index in [9.17, 15) is 4.79 Å². The maximum Gasteiger partial charge on any atom is 0.325 e. The molecule has 112 valence electrons. The van der Waals surface area contributed by atoms with Gasteiger partial charge in [-0.15, -0.1) is 0 Å². The van der Waals surface area contributed by atoms with Crippen molar-refractivity contribution in [1.82, 2.24) is 5.32 Å². The molecule has 1 N–H and O–H groups in total. The highest BCUT2D eigenvalue weighted by molar-refractivity contribution is 7.99. The summed E-state index contributed by atoms with van der Waals surface area (Å²) in [5.41, 5.74) is -0.592. The van der Waals surface area contributed by atoms with Crippen LogP contribution in [-0.2, 0) is 15.3 Å². The van der Waals surface area contributed by atoms with Crippen molar-refractivity contribution in [1.29, 1.82) is 0 Å². The molecule has 0 bridgehead atoms. The summed E-state index contributed by atoms with van der Waals surface area (Å²) in [6, 6.07) is 4.34. The van der Waals surface area contributed by atoms with Gasteiger partial charge in [-0.05, 0) is 38.3 Å². The Morgan fingerprint density at radius 2 is 2.40 bits per heavy atom. The van der Waals surface area contributed by atoms with Crippen LogP contribution in [0.2, 0.25) is 0 Å². The first-order valence-electron chi connectivity index (χ1n) is 7.03. The second kappa shape index (κ2) is 6.68. The highest BCUT2D eigenvalue weighted by Crippen LogP contribution is 2.29. The summed E-state index contributed by atoms with van der Waals surface area (Å²) in [6.07, 6.45) is 4.75. The Morgan fingerprint density at radius 1 is 1.65 bits per heavy atom. The van der Waals surface area contributed by atoms with Crippen molar-refractivity contribution in [3.05, 3.63) is 24.2 Å². The molecule has 1 saturated carbocycles. The molecule has 0 aliphatic heterocycles. The highest BCUT2D eigenvalue weighted by atomic mass is 32.2. The average Bonchev–Trinajstić information content (AvgIpc) is 3.07. The number of furan rings is 1. The van der Waals surface area contributed by atoms with Gasteiger partial charge in [0, 0.05) is 11.3 Å². The van der Waals surface area contributed by atoms with Gasteiger partial charge in [-0.2, -0.15) is 11.8 Å². The Kier molecular flexibility index (Phi) is 5.16. The SMILES string of the molecule is COC(=O)C(C)(CC(C)SCc1ccco1)NC1CC1. The number of nitrogens with one attached hydrogen (secondary N) is 1. The van der Waals surface area contributed by atoms with Crippen molar-refractivity contribution in [3.8, 4) is 0 Å². The van der Waals surface area contributed by atoms with E-state index in [0.29, 0.717) is 11.3 Å². The second-order valence-electron chi connectivity index (χ2n) is 5.65. The standard InChI is InChI=1S/C15H23NO3S/c1-11(20-10-13-5-4-8-19-13)9-15(2,14(17)18-3)16-12-6-7-12/h4-5,8,11-12,16H,6-7,9-10H2,1-3H3. The summed E-state index contributed by atoms with van der Waals surface area (Å²) in [4.78, 5) is 12.1. The van der Waals surface area contributed by atoms with Crippen LogP contribution in [0.15, 0.2) is 22.8 Å². The fraction of sp³-hybridized carbons (Fsp3) is 0.667. The molecule has 5 heteroatoms. The summed E-state index contributed by atoms with van der Waals surface area (Å²) in [7, 11) is 1.45. The van der Waals surface area contributed by atoms with Crippen molar-refractivity contribution >= 4 is 17.7 Å². The van der Waals surface area contributed by atoms with Crippen LogP contribution in [0.5, 0.6) is 0 Å². The van der Waals surface area contributed by atoms with E-state index in [0.717, 1.165) is 30.8 Å². The molecule has 2 atom stereocenters. The number of carbonyl (C=O) groups excluding carboxylic acids is 1. The third kappa shape index (κ3) is 4.28. The molecular formula is C15H23NO3S. The monoisotopic (exact) mass is 297 g/mol. The first-order valence-corrected chi connectivity index (χ1v) is 8.08. The number of rotatable bonds is 8. The first kappa shape index (κ1) is 15.4. The Balaban J connectivity index is 1.87. The Hall–Kier alpha value is -0.940. The van der Waals surface area contributed by atoms with Gasteiger partial charge in [0.2, 0.25) is 0 Å². The largest absolute Gasteiger partial charge is 0.468 e. The normalized spacial score (nSPS) is 19.4. The lowest BCUT2D eigenvalue weighted by atomic mass is 9.96. The van der Waals surface area contributed by atoms with Crippen LogP contribution >= 0.6 is 11.8 Å². The second-order valence-corrected chi connectivity index (χ2v) is 7.07. The van der Waals surface area contributed by atoms with E-state index in [2.05, 4.69) is 12.2 Å². The lowest BCUT2D eigenvalue weighted by Gasteiger charge is -2.30. The number of hydrogen-bond acceptors (Lipinski definition) is 5. The summed E-state index contributed by atoms with van der Waals surface area (Å²) in [6.45, 7) is 4.09. The molecule has 1 heterocycles. The van der Waals surface area contributed by atoms with Crippen LogP contribution in [0.3, 0.4) is 0 Å². The van der Waals surface area contributed by atoms with Crippen molar-refractivity contribution in [2.24, 2.45) is 0 Å². The molecule has 1 aromatic heterocycles. The maximum absolute atomic E-state index is 12.1. The minimum Gasteiger partial charge on any atom is -0.468 e. The molecule has 1 aliphatic rings. The predicted molar refractivity (Wildman–Crippen MR) is 80.7 cm³/mol. The van der Waals surface area contributed by atoms with E-state index in [4.69, 9.17) is 9.15 Å². The fourth-order valence-electron chi connectivity index (χ4n) is 2.36. The van der Waals surface area contributed by atoms with Crippen LogP contribution < -0.4 is 5.32 Å². The third-order valence-corrected chi connectivity index (χ3v) is 4.71. The molecule has 20 heavy (non-hydrogen) atoms. The minimum absolute atomic E-state index is 0.171. The van der Waals surface area contributed by atoms with E-state index in [1.165, 1.54) is 7.11 Å². The average molecular weight is 297 g/mol.